The van der Waals surface area contributed by atoms with Crippen molar-refractivity contribution in [2.24, 2.45) is 0 Å². The van der Waals surface area contributed by atoms with Gasteiger partial charge in [0.25, 0.3) is 0 Å². The van der Waals surface area contributed by atoms with E-state index >= 15 is 0 Å². The minimum absolute atomic E-state index is 0.0146. The Bertz CT molecular complexity index is 1430. The van der Waals surface area contributed by atoms with Crippen molar-refractivity contribution >= 4 is 50.0 Å². The van der Waals surface area contributed by atoms with Crippen LogP contribution in [-0.2, 0) is 4.79 Å². The topological polar surface area (TPSA) is 91.5 Å². The third kappa shape index (κ3) is 5.09. The number of nitrogens with one attached hydrogen (secondary N) is 1. The first-order valence-corrected chi connectivity index (χ1v) is 14.9. The number of likely N-dealkylation sites (tertiary alicyclic amines) is 2. The zero-order valence-corrected chi connectivity index (χ0v) is 22.3. The van der Waals surface area contributed by atoms with Crippen LogP contribution in [0.2, 0.25) is 0 Å². The number of aromatic nitrogens is 5. The lowest BCUT2D eigenvalue weighted by Gasteiger charge is -2.36. The van der Waals surface area contributed by atoms with Crippen molar-refractivity contribution in [2.75, 3.05) is 38.0 Å². The molecule has 4 aromatic rings. The molecule has 3 aliphatic rings. The van der Waals surface area contributed by atoms with E-state index < -0.39 is 0 Å². The summed E-state index contributed by atoms with van der Waals surface area (Å²) in [5.41, 5.74) is 2.76. The van der Waals surface area contributed by atoms with Crippen molar-refractivity contribution in [3.63, 3.8) is 0 Å². The molecule has 0 atom stereocenters. The van der Waals surface area contributed by atoms with E-state index in [2.05, 4.69) is 42.4 Å². The predicted molar refractivity (Wildman–Crippen MR) is 145 cm³/mol. The van der Waals surface area contributed by atoms with Gasteiger partial charge in [0.05, 0.1) is 22.5 Å². The molecular weight excluding hydrogens is 504 g/mol. The highest BCUT2D eigenvalue weighted by Gasteiger charge is 2.28. The highest BCUT2D eigenvalue weighted by atomic mass is 32.2. The number of rotatable bonds is 7. The van der Waals surface area contributed by atoms with Gasteiger partial charge in [-0.05, 0) is 93.7 Å². The number of nitrogens with zero attached hydrogens (tertiary/aromatic N) is 7. The Morgan fingerprint density at radius 3 is 2.68 bits per heavy atom. The van der Waals surface area contributed by atoms with Crippen LogP contribution in [0.1, 0.15) is 50.1 Å². The molecule has 0 unspecified atom stereocenters. The Hall–Kier alpha value is -2.60. The molecule has 0 bridgehead atoms. The quantitative estimate of drug-likeness (QED) is 0.376. The van der Waals surface area contributed by atoms with Gasteiger partial charge in [0.15, 0.2) is 10.8 Å². The fourth-order valence-electron chi connectivity index (χ4n) is 5.48. The summed E-state index contributed by atoms with van der Waals surface area (Å²) in [6.07, 6.45) is 7.41. The Kier molecular flexibility index (Phi) is 6.31. The highest BCUT2D eigenvalue weighted by Crippen LogP contribution is 2.39. The van der Waals surface area contributed by atoms with Gasteiger partial charge < -0.3 is 10.2 Å². The third-order valence-corrected chi connectivity index (χ3v) is 9.51. The van der Waals surface area contributed by atoms with Gasteiger partial charge in [-0.2, -0.15) is 9.61 Å². The highest BCUT2D eigenvalue weighted by molar-refractivity contribution is 7.99. The molecule has 37 heavy (non-hydrogen) atoms. The molecule has 11 heteroatoms. The Morgan fingerprint density at radius 2 is 1.86 bits per heavy atom. The Balaban J connectivity index is 0.984. The van der Waals surface area contributed by atoms with Gasteiger partial charge >= 0.3 is 0 Å². The van der Waals surface area contributed by atoms with E-state index in [-0.39, 0.29) is 5.91 Å². The lowest BCUT2D eigenvalue weighted by Crippen LogP contribution is -2.45. The SMILES string of the molecule is O=C(CN1CCC(N2CCCC2)CC1)Nc1nc2ccc(Sc3nnc4ccc(C5CC5)nn34)cc2s1. The summed E-state index contributed by atoms with van der Waals surface area (Å²) >= 11 is 3.05. The summed E-state index contributed by atoms with van der Waals surface area (Å²) in [6, 6.07) is 10.9. The predicted octanol–water partition coefficient (Wildman–Crippen LogP) is 4.26. The van der Waals surface area contributed by atoms with E-state index in [4.69, 9.17) is 5.10 Å². The van der Waals surface area contributed by atoms with Gasteiger partial charge in [-0.1, -0.05) is 11.3 Å². The minimum Gasteiger partial charge on any atom is -0.301 e. The summed E-state index contributed by atoms with van der Waals surface area (Å²) in [7, 11) is 0. The van der Waals surface area contributed by atoms with Gasteiger partial charge in [-0.25, -0.2) is 4.98 Å². The molecule has 9 nitrogen and oxygen atoms in total. The average molecular weight is 535 g/mol. The molecule has 1 aromatic carbocycles. The first kappa shape index (κ1) is 23.5. The van der Waals surface area contributed by atoms with Crippen LogP contribution in [0.25, 0.3) is 15.9 Å². The summed E-state index contributed by atoms with van der Waals surface area (Å²) in [4.78, 5) is 23.4. The number of amides is 1. The van der Waals surface area contributed by atoms with E-state index in [0.717, 1.165) is 57.5 Å². The second kappa shape index (κ2) is 9.94. The number of fused-ring (bicyclic) bond motifs is 2. The molecule has 2 saturated heterocycles. The lowest BCUT2D eigenvalue weighted by molar-refractivity contribution is -0.117. The minimum atomic E-state index is 0.0146. The van der Waals surface area contributed by atoms with Gasteiger partial charge in [0.1, 0.15) is 0 Å². The normalized spacial score (nSPS) is 19.8. The van der Waals surface area contributed by atoms with Gasteiger partial charge in [0, 0.05) is 29.9 Å². The number of hydrogen-bond donors (Lipinski definition) is 1. The fourth-order valence-corrected chi connectivity index (χ4v) is 7.30. The Labute approximate surface area is 223 Å². The van der Waals surface area contributed by atoms with Crippen LogP contribution < -0.4 is 5.32 Å². The number of benzene rings is 1. The summed E-state index contributed by atoms with van der Waals surface area (Å²) in [6.45, 7) is 4.90. The smallest absolute Gasteiger partial charge is 0.240 e. The Morgan fingerprint density at radius 1 is 1.03 bits per heavy atom. The first-order valence-electron chi connectivity index (χ1n) is 13.2. The maximum Gasteiger partial charge on any atom is 0.240 e. The van der Waals surface area contributed by atoms with Crippen molar-refractivity contribution in [1.29, 1.82) is 0 Å². The molecule has 192 valence electrons. The first-order chi connectivity index (χ1) is 18.2. The molecule has 1 N–H and O–H groups in total. The van der Waals surface area contributed by atoms with E-state index in [1.54, 1.807) is 11.8 Å². The van der Waals surface area contributed by atoms with E-state index in [9.17, 15) is 4.79 Å². The standard InChI is InChI=1S/C26H30N8OS2/c35-24(16-32-13-9-18(10-14-32)33-11-1-2-12-33)28-25-27-21-6-5-19(15-22(21)37-25)36-26-30-29-23-8-7-20(17-3-4-17)31-34(23)26/h5-8,15,17-18H,1-4,9-14,16H2,(H,27,28,35). The van der Waals surface area contributed by atoms with Gasteiger partial charge in [-0.15, -0.1) is 10.2 Å². The average Bonchev–Trinajstić information content (AvgIpc) is 3.28. The molecule has 0 spiro atoms. The molecule has 3 aromatic heterocycles. The van der Waals surface area contributed by atoms with Crippen LogP contribution in [0.15, 0.2) is 40.4 Å². The summed E-state index contributed by atoms with van der Waals surface area (Å²) < 4.78 is 2.88. The van der Waals surface area contributed by atoms with Gasteiger partial charge in [0.2, 0.25) is 11.1 Å². The number of anilines is 1. The van der Waals surface area contributed by atoms with E-state index in [0.29, 0.717) is 23.6 Å². The molecule has 1 aliphatic carbocycles. The zero-order valence-electron chi connectivity index (χ0n) is 20.7. The van der Waals surface area contributed by atoms with E-state index in [1.807, 2.05) is 22.7 Å². The molecular formula is C26H30N8OS2. The molecule has 5 heterocycles. The number of thiazole rings is 1. The second-order valence-electron chi connectivity index (χ2n) is 10.3. The van der Waals surface area contributed by atoms with Crippen molar-refractivity contribution < 1.29 is 4.79 Å². The zero-order chi connectivity index (χ0) is 24.8. The third-order valence-electron chi connectivity index (χ3n) is 7.65. The molecule has 0 radical (unpaired) electrons. The van der Waals surface area contributed by atoms with E-state index in [1.165, 1.54) is 50.1 Å². The summed E-state index contributed by atoms with van der Waals surface area (Å²) in [5, 5.41) is 17.8. The second-order valence-corrected chi connectivity index (χ2v) is 12.4. The number of carbonyl (C=O) groups is 1. The van der Waals surface area contributed by atoms with Crippen LogP contribution in [0.5, 0.6) is 0 Å². The lowest BCUT2D eigenvalue weighted by atomic mass is 10.0. The van der Waals surface area contributed by atoms with Crippen LogP contribution in [0, 0.1) is 0 Å². The largest absolute Gasteiger partial charge is 0.301 e. The maximum atomic E-state index is 12.8. The molecule has 7 rings (SSSR count). The molecule has 3 fully saturated rings. The van der Waals surface area contributed by atoms with Crippen LogP contribution in [0.3, 0.4) is 0 Å². The number of hydrogen-bond acceptors (Lipinski definition) is 9. The maximum absolute atomic E-state index is 12.8. The van der Waals surface area contributed by atoms with Gasteiger partial charge in [-0.3, -0.25) is 9.69 Å². The summed E-state index contributed by atoms with van der Waals surface area (Å²) in [5.74, 6) is 0.592. The number of carbonyl (C=O) groups excluding carboxylic acids is 1. The number of piperidine rings is 1. The fraction of sp³-hybridized carbons (Fsp3) is 0.500. The van der Waals surface area contributed by atoms with Crippen LogP contribution in [0.4, 0.5) is 5.13 Å². The van der Waals surface area contributed by atoms with Crippen molar-refractivity contribution in [3.05, 3.63) is 36.0 Å². The van der Waals surface area contributed by atoms with Crippen molar-refractivity contribution in [3.8, 4) is 0 Å². The molecule has 1 saturated carbocycles. The monoisotopic (exact) mass is 534 g/mol. The van der Waals surface area contributed by atoms with Crippen molar-refractivity contribution in [1.82, 2.24) is 34.6 Å². The molecule has 2 aliphatic heterocycles. The van der Waals surface area contributed by atoms with Crippen molar-refractivity contribution in [2.45, 2.75) is 60.5 Å². The molecule has 1 amide bonds. The van der Waals surface area contributed by atoms with Crippen LogP contribution in [-0.4, -0.2) is 79.3 Å². The van der Waals surface area contributed by atoms with Crippen LogP contribution >= 0.6 is 23.1 Å².